The second-order valence-electron chi connectivity index (χ2n) is 3.24. The zero-order valence-electron chi connectivity index (χ0n) is 8.33. The molecule has 1 heterocycles. The van der Waals surface area contributed by atoms with Crippen molar-refractivity contribution in [1.82, 2.24) is 4.98 Å². The van der Waals surface area contributed by atoms with Crippen molar-refractivity contribution in [2.24, 2.45) is 0 Å². The van der Waals surface area contributed by atoms with E-state index >= 15 is 0 Å². The molecule has 2 aromatic rings. The molecule has 1 N–H and O–H groups in total. The van der Waals surface area contributed by atoms with Gasteiger partial charge in [0.25, 0.3) is 0 Å². The first-order chi connectivity index (χ1) is 7.25. The average Bonchev–Trinajstić information content (AvgIpc) is 2.69. The fraction of sp³-hybridized carbons (Fsp3) is 0.182. The Hall–Kier alpha value is -1.42. The van der Waals surface area contributed by atoms with Crippen LogP contribution >= 0.6 is 11.3 Å². The maximum Gasteiger partial charge on any atom is 0.123 e. The minimum atomic E-state index is -0.202. The fourth-order valence-corrected chi connectivity index (χ4v) is 1.89. The molecule has 0 aliphatic carbocycles. The van der Waals surface area contributed by atoms with Gasteiger partial charge in [-0.3, -0.25) is 0 Å². The third-order valence-electron chi connectivity index (χ3n) is 2.10. The lowest BCUT2D eigenvalue weighted by Gasteiger charge is -2.07. The van der Waals surface area contributed by atoms with Crippen molar-refractivity contribution in [3.8, 4) is 0 Å². The predicted octanol–water partition coefficient (Wildman–Crippen LogP) is 3.20. The van der Waals surface area contributed by atoms with Gasteiger partial charge in [0.15, 0.2) is 0 Å². The van der Waals surface area contributed by atoms with Crippen LogP contribution in [0.2, 0.25) is 0 Å². The molecule has 0 aliphatic heterocycles. The summed E-state index contributed by atoms with van der Waals surface area (Å²) in [6, 6.07) is 4.72. The number of nitrogens with one attached hydrogen (secondary N) is 1. The van der Waals surface area contributed by atoms with Gasteiger partial charge in [0.05, 0.1) is 6.54 Å². The molecule has 0 aliphatic rings. The summed E-state index contributed by atoms with van der Waals surface area (Å²) in [5.74, 6) is -0.202. The van der Waals surface area contributed by atoms with Crippen LogP contribution in [0.25, 0.3) is 0 Å². The summed E-state index contributed by atoms with van der Waals surface area (Å²) in [6.45, 7) is 2.57. The van der Waals surface area contributed by atoms with Crippen LogP contribution in [-0.2, 0) is 6.54 Å². The number of anilines is 1. The van der Waals surface area contributed by atoms with E-state index in [4.69, 9.17) is 0 Å². The van der Waals surface area contributed by atoms with Crippen LogP contribution < -0.4 is 5.32 Å². The predicted molar refractivity (Wildman–Crippen MR) is 60.6 cm³/mol. The normalized spacial score (nSPS) is 10.3. The highest BCUT2D eigenvalue weighted by molar-refractivity contribution is 7.09. The summed E-state index contributed by atoms with van der Waals surface area (Å²) >= 11 is 1.60. The molecule has 4 heteroatoms. The van der Waals surface area contributed by atoms with E-state index in [2.05, 4.69) is 10.3 Å². The van der Waals surface area contributed by atoms with Crippen LogP contribution in [0.5, 0.6) is 0 Å². The summed E-state index contributed by atoms with van der Waals surface area (Å²) < 4.78 is 12.8. The molecule has 1 aromatic heterocycles. The Labute approximate surface area is 91.8 Å². The Balaban J connectivity index is 2.05. The molecule has 1 aromatic carbocycles. The number of hydrogen-bond donors (Lipinski definition) is 1. The highest BCUT2D eigenvalue weighted by Crippen LogP contribution is 2.17. The number of aromatic nitrogens is 1. The number of aryl methyl sites for hydroxylation is 1. The van der Waals surface area contributed by atoms with Crippen molar-refractivity contribution in [3.63, 3.8) is 0 Å². The summed E-state index contributed by atoms with van der Waals surface area (Å²) in [6.07, 6.45) is 1.78. The van der Waals surface area contributed by atoms with E-state index in [0.29, 0.717) is 6.54 Å². The van der Waals surface area contributed by atoms with E-state index in [1.54, 1.807) is 23.6 Å². The summed E-state index contributed by atoms with van der Waals surface area (Å²) in [5, 5.41) is 6.19. The Morgan fingerprint density at radius 3 is 3.00 bits per heavy atom. The van der Waals surface area contributed by atoms with E-state index in [1.165, 1.54) is 12.1 Å². The maximum atomic E-state index is 12.8. The molecule has 0 bridgehead atoms. The minimum Gasteiger partial charge on any atom is -0.378 e. The van der Waals surface area contributed by atoms with E-state index in [9.17, 15) is 4.39 Å². The van der Waals surface area contributed by atoms with Gasteiger partial charge in [-0.05, 0) is 30.7 Å². The van der Waals surface area contributed by atoms with Crippen molar-refractivity contribution < 1.29 is 4.39 Å². The highest BCUT2D eigenvalue weighted by atomic mass is 32.1. The molecule has 0 spiro atoms. The zero-order valence-corrected chi connectivity index (χ0v) is 9.14. The number of hydrogen-bond acceptors (Lipinski definition) is 3. The first kappa shape index (κ1) is 10.1. The molecule has 78 valence electrons. The van der Waals surface area contributed by atoms with Crippen molar-refractivity contribution in [3.05, 3.63) is 46.2 Å². The van der Waals surface area contributed by atoms with Crippen LogP contribution in [-0.4, -0.2) is 4.98 Å². The van der Waals surface area contributed by atoms with Gasteiger partial charge in [-0.1, -0.05) is 0 Å². The molecule has 0 unspecified atom stereocenters. The van der Waals surface area contributed by atoms with Crippen LogP contribution in [0.1, 0.15) is 10.6 Å². The van der Waals surface area contributed by atoms with Gasteiger partial charge in [0.1, 0.15) is 10.8 Å². The SMILES string of the molecule is Cc1cc(F)ccc1NCc1nccs1. The molecule has 15 heavy (non-hydrogen) atoms. The van der Waals surface area contributed by atoms with Crippen molar-refractivity contribution in [2.45, 2.75) is 13.5 Å². The van der Waals surface area contributed by atoms with Crippen LogP contribution in [0, 0.1) is 12.7 Å². The van der Waals surface area contributed by atoms with Gasteiger partial charge < -0.3 is 5.32 Å². The zero-order chi connectivity index (χ0) is 10.7. The summed E-state index contributed by atoms with van der Waals surface area (Å²) in [4.78, 5) is 4.16. The van der Waals surface area contributed by atoms with Gasteiger partial charge in [-0.15, -0.1) is 11.3 Å². The topological polar surface area (TPSA) is 24.9 Å². The van der Waals surface area contributed by atoms with E-state index < -0.39 is 0 Å². The van der Waals surface area contributed by atoms with E-state index in [1.807, 2.05) is 12.3 Å². The molecule has 0 saturated heterocycles. The highest BCUT2D eigenvalue weighted by Gasteiger charge is 2.00. The van der Waals surface area contributed by atoms with Gasteiger partial charge in [0.2, 0.25) is 0 Å². The molecule has 0 radical (unpaired) electrons. The van der Waals surface area contributed by atoms with Crippen LogP contribution in [0.4, 0.5) is 10.1 Å². The number of benzene rings is 1. The molecular formula is C11H11FN2S. The maximum absolute atomic E-state index is 12.8. The second-order valence-corrected chi connectivity index (χ2v) is 4.22. The lowest BCUT2D eigenvalue weighted by Crippen LogP contribution is -2.00. The van der Waals surface area contributed by atoms with Crippen molar-refractivity contribution in [1.29, 1.82) is 0 Å². The van der Waals surface area contributed by atoms with Crippen molar-refractivity contribution in [2.75, 3.05) is 5.32 Å². The first-order valence-electron chi connectivity index (χ1n) is 4.64. The molecule has 0 atom stereocenters. The van der Waals surface area contributed by atoms with Gasteiger partial charge in [0, 0.05) is 17.3 Å². The van der Waals surface area contributed by atoms with Gasteiger partial charge in [-0.25, -0.2) is 9.37 Å². The lowest BCUT2D eigenvalue weighted by atomic mass is 10.2. The molecule has 0 saturated carbocycles. The van der Waals surface area contributed by atoms with Crippen LogP contribution in [0.3, 0.4) is 0 Å². The largest absolute Gasteiger partial charge is 0.378 e. The third-order valence-corrected chi connectivity index (χ3v) is 2.88. The van der Waals surface area contributed by atoms with E-state index in [0.717, 1.165) is 16.3 Å². The van der Waals surface area contributed by atoms with Gasteiger partial charge >= 0.3 is 0 Å². The summed E-state index contributed by atoms with van der Waals surface area (Å²) in [7, 11) is 0. The fourth-order valence-electron chi connectivity index (χ4n) is 1.34. The Morgan fingerprint density at radius 1 is 1.47 bits per heavy atom. The lowest BCUT2D eigenvalue weighted by molar-refractivity contribution is 0.627. The monoisotopic (exact) mass is 222 g/mol. The molecule has 0 amide bonds. The number of nitrogens with zero attached hydrogens (tertiary/aromatic N) is 1. The molecule has 0 fully saturated rings. The number of thiazole rings is 1. The summed E-state index contributed by atoms with van der Waals surface area (Å²) in [5.41, 5.74) is 1.86. The Morgan fingerprint density at radius 2 is 2.33 bits per heavy atom. The average molecular weight is 222 g/mol. The standard InChI is InChI=1S/C11H11FN2S/c1-8-6-9(12)2-3-10(8)14-7-11-13-4-5-15-11/h2-6,14H,7H2,1H3. The third kappa shape index (κ3) is 2.53. The van der Waals surface area contributed by atoms with Gasteiger partial charge in [-0.2, -0.15) is 0 Å². The number of rotatable bonds is 3. The van der Waals surface area contributed by atoms with Crippen LogP contribution in [0.15, 0.2) is 29.8 Å². The quantitative estimate of drug-likeness (QED) is 0.862. The van der Waals surface area contributed by atoms with Crippen molar-refractivity contribution >= 4 is 17.0 Å². The first-order valence-corrected chi connectivity index (χ1v) is 5.52. The van der Waals surface area contributed by atoms with E-state index in [-0.39, 0.29) is 5.82 Å². The molecule has 2 nitrogen and oxygen atoms in total. The minimum absolute atomic E-state index is 0.202. The Kier molecular flexibility index (Phi) is 2.97. The number of halogens is 1. The molecular weight excluding hydrogens is 211 g/mol. The molecule has 2 rings (SSSR count). The second kappa shape index (κ2) is 4.40. The Bertz CT molecular complexity index is 440. The smallest absolute Gasteiger partial charge is 0.123 e.